The SMILES string of the molecule is CN1C(=O)[C@H](Cc2ccccc2)N(C(=O)c2cc(Cl)ccc2[N+](=O)[O-])[C@@H]1/C=C/c1ccccc1. The molecular formula is C26H22ClN3O4. The van der Waals surface area contributed by atoms with E-state index in [-0.39, 0.29) is 28.6 Å². The van der Waals surface area contributed by atoms with E-state index in [0.717, 1.165) is 11.1 Å². The molecule has 1 aliphatic rings. The molecule has 1 saturated heterocycles. The summed E-state index contributed by atoms with van der Waals surface area (Å²) in [5.74, 6) is -0.875. The summed E-state index contributed by atoms with van der Waals surface area (Å²) in [5, 5.41) is 11.8. The largest absolute Gasteiger partial charge is 0.320 e. The Morgan fingerprint density at radius 2 is 1.71 bits per heavy atom. The summed E-state index contributed by atoms with van der Waals surface area (Å²) in [4.78, 5) is 41.0. The first-order chi connectivity index (χ1) is 16.4. The molecule has 4 rings (SSSR count). The lowest BCUT2D eigenvalue weighted by atomic mass is 10.0. The van der Waals surface area contributed by atoms with E-state index in [1.165, 1.54) is 28.0 Å². The molecule has 0 bridgehead atoms. The molecule has 8 heteroatoms. The summed E-state index contributed by atoms with van der Waals surface area (Å²) < 4.78 is 0. The number of rotatable bonds is 6. The molecule has 2 atom stereocenters. The first-order valence-corrected chi connectivity index (χ1v) is 11.0. The standard InChI is InChI=1S/C26H22ClN3O4/c1-28-24(15-12-18-8-4-2-5-9-18)29(23(26(28)32)16-19-10-6-3-7-11-19)25(31)21-17-20(27)13-14-22(21)30(33)34/h2-15,17,23-24H,16H2,1H3/b15-12+/t23-,24+/m0/s1. The van der Waals surface area contributed by atoms with Crippen LogP contribution in [0.4, 0.5) is 5.69 Å². The lowest BCUT2D eigenvalue weighted by molar-refractivity contribution is -0.385. The van der Waals surface area contributed by atoms with Crippen molar-refractivity contribution in [2.45, 2.75) is 18.6 Å². The van der Waals surface area contributed by atoms with Crippen molar-refractivity contribution in [3.63, 3.8) is 0 Å². The predicted octanol–water partition coefficient (Wildman–Crippen LogP) is 4.81. The van der Waals surface area contributed by atoms with Gasteiger partial charge in [0.15, 0.2) is 0 Å². The second-order valence-electron chi connectivity index (χ2n) is 7.97. The van der Waals surface area contributed by atoms with Crippen LogP contribution in [-0.4, -0.2) is 45.8 Å². The fourth-order valence-electron chi connectivity index (χ4n) is 4.10. The average molecular weight is 476 g/mol. The van der Waals surface area contributed by atoms with Gasteiger partial charge in [-0.05, 0) is 29.3 Å². The fourth-order valence-corrected chi connectivity index (χ4v) is 4.27. The van der Waals surface area contributed by atoms with Crippen LogP contribution in [0.5, 0.6) is 0 Å². The van der Waals surface area contributed by atoms with Crippen molar-refractivity contribution in [3.05, 3.63) is 117 Å². The number of benzene rings is 3. The molecule has 1 heterocycles. The minimum atomic E-state index is -0.830. The van der Waals surface area contributed by atoms with Crippen molar-refractivity contribution in [1.29, 1.82) is 0 Å². The number of nitro benzene ring substituents is 1. The fraction of sp³-hybridized carbons (Fsp3) is 0.154. The lowest BCUT2D eigenvalue weighted by Crippen LogP contribution is -2.44. The number of carbonyl (C=O) groups excluding carboxylic acids is 2. The van der Waals surface area contributed by atoms with Crippen molar-refractivity contribution in [2.75, 3.05) is 7.05 Å². The van der Waals surface area contributed by atoms with E-state index < -0.39 is 23.0 Å². The van der Waals surface area contributed by atoms with E-state index in [2.05, 4.69) is 0 Å². The highest BCUT2D eigenvalue weighted by Crippen LogP contribution is 2.31. The first-order valence-electron chi connectivity index (χ1n) is 10.7. The molecule has 0 aliphatic carbocycles. The number of carbonyl (C=O) groups is 2. The van der Waals surface area contributed by atoms with Gasteiger partial charge in [-0.15, -0.1) is 0 Å². The minimum Gasteiger partial charge on any atom is -0.320 e. The molecule has 0 N–H and O–H groups in total. The smallest absolute Gasteiger partial charge is 0.282 e. The summed E-state index contributed by atoms with van der Waals surface area (Å²) in [6.07, 6.45) is 3.13. The van der Waals surface area contributed by atoms with Gasteiger partial charge in [-0.2, -0.15) is 0 Å². The number of halogens is 1. The molecule has 0 spiro atoms. The number of nitrogens with zero attached hydrogens (tertiary/aromatic N) is 3. The van der Waals surface area contributed by atoms with E-state index in [1.54, 1.807) is 13.1 Å². The quantitative estimate of drug-likeness (QED) is 0.378. The van der Waals surface area contributed by atoms with Crippen molar-refractivity contribution >= 4 is 35.2 Å². The molecule has 1 aliphatic heterocycles. The van der Waals surface area contributed by atoms with Crippen LogP contribution in [0.1, 0.15) is 21.5 Å². The Balaban J connectivity index is 1.79. The topological polar surface area (TPSA) is 83.8 Å². The second kappa shape index (κ2) is 9.89. The molecule has 7 nitrogen and oxygen atoms in total. The molecule has 3 aromatic carbocycles. The van der Waals surface area contributed by atoms with Crippen molar-refractivity contribution in [2.24, 2.45) is 0 Å². The summed E-state index contributed by atoms with van der Waals surface area (Å²) in [7, 11) is 1.62. The molecule has 34 heavy (non-hydrogen) atoms. The molecule has 2 amide bonds. The number of nitro groups is 1. The minimum absolute atomic E-state index is 0.156. The lowest BCUT2D eigenvalue weighted by Gasteiger charge is -2.28. The van der Waals surface area contributed by atoms with Crippen LogP contribution < -0.4 is 0 Å². The summed E-state index contributed by atoms with van der Waals surface area (Å²) >= 11 is 6.09. The summed E-state index contributed by atoms with van der Waals surface area (Å²) in [6, 6.07) is 21.9. The molecular weight excluding hydrogens is 454 g/mol. The van der Waals surface area contributed by atoms with Gasteiger partial charge >= 0.3 is 0 Å². The Hall–Kier alpha value is -3.97. The summed E-state index contributed by atoms with van der Waals surface area (Å²) in [5.41, 5.74) is 1.26. The molecule has 0 radical (unpaired) electrons. The Labute approximate surface area is 202 Å². The normalized spacial score (nSPS) is 18.0. The number of amides is 2. The van der Waals surface area contributed by atoms with E-state index in [9.17, 15) is 19.7 Å². The third kappa shape index (κ3) is 4.70. The van der Waals surface area contributed by atoms with Crippen LogP contribution in [0.2, 0.25) is 5.02 Å². The Morgan fingerprint density at radius 1 is 1.06 bits per heavy atom. The van der Waals surface area contributed by atoms with Gasteiger partial charge in [0.2, 0.25) is 5.91 Å². The maximum atomic E-state index is 13.8. The molecule has 0 unspecified atom stereocenters. The molecule has 0 aromatic heterocycles. The zero-order chi connectivity index (χ0) is 24.2. The molecule has 3 aromatic rings. The first kappa shape index (κ1) is 23.2. The number of hydrogen-bond donors (Lipinski definition) is 0. The third-order valence-corrected chi connectivity index (χ3v) is 6.04. The average Bonchev–Trinajstić information content (AvgIpc) is 3.07. The maximum Gasteiger partial charge on any atom is 0.282 e. The predicted molar refractivity (Wildman–Crippen MR) is 130 cm³/mol. The van der Waals surface area contributed by atoms with Gasteiger partial charge < -0.3 is 9.80 Å². The number of likely N-dealkylation sites (N-methyl/N-ethyl adjacent to an activating group) is 1. The van der Waals surface area contributed by atoms with Crippen LogP contribution >= 0.6 is 11.6 Å². The second-order valence-corrected chi connectivity index (χ2v) is 8.41. The highest BCUT2D eigenvalue weighted by molar-refractivity contribution is 6.31. The molecule has 0 saturated carbocycles. The van der Waals surface area contributed by atoms with Gasteiger partial charge in [0.25, 0.3) is 11.6 Å². The highest BCUT2D eigenvalue weighted by atomic mass is 35.5. The van der Waals surface area contributed by atoms with Gasteiger partial charge in [-0.3, -0.25) is 19.7 Å². The van der Waals surface area contributed by atoms with Gasteiger partial charge in [0, 0.05) is 24.6 Å². The van der Waals surface area contributed by atoms with Crippen molar-refractivity contribution < 1.29 is 14.5 Å². The van der Waals surface area contributed by atoms with E-state index in [4.69, 9.17) is 11.6 Å². The van der Waals surface area contributed by atoms with Gasteiger partial charge in [0.1, 0.15) is 17.8 Å². The van der Waals surface area contributed by atoms with Gasteiger partial charge in [0.05, 0.1) is 4.92 Å². The van der Waals surface area contributed by atoms with Gasteiger partial charge in [-0.25, -0.2) is 0 Å². The van der Waals surface area contributed by atoms with Crippen LogP contribution in [0.25, 0.3) is 6.08 Å². The summed E-state index contributed by atoms with van der Waals surface area (Å²) in [6.45, 7) is 0. The zero-order valence-corrected chi connectivity index (χ0v) is 19.1. The monoisotopic (exact) mass is 475 g/mol. The van der Waals surface area contributed by atoms with Crippen LogP contribution in [0.15, 0.2) is 84.9 Å². The number of hydrogen-bond acceptors (Lipinski definition) is 4. The Bertz CT molecular complexity index is 1250. The Morgan fingerprint density at radius 3 is 2.35 bits per heavy atom. The molecule has 172 valence electrons. The zero-order valence-electron chi connectivity index (χ0n) is 18.4. The van der Waals surface area contributed by atoms with Crippen LogP contribution in [0.3, 0.4) is 0 Å². The van der Waals surface area contributed by atoms with E-state index in [1.807, 2.05) is 66.7 Å². The third-order valence-electron chi connectivity index (χ3n) is 5.80. The van der Waals surface area contributed by atoms with E-state index in [0.29, 0.717) is 0 Å². The van der Waals surface area contributed by atoms with Gasteiger partial charge in [-0.1, -0.05) is 78.3 Å². The van der Waals surface area contributed by atoms with Crippen LogP contribution in [0, 0.1) is 10.1 Å². The van der Waals surface area contributed by atoms with Crippen molar-refractivity contribution in [3.8, 4) is 0 Å². The van der Waals surface area contributed by atoms with E-state index >= 15 is 0 Å². The highest BCUT2D eigenvalue weighted by Gasteiger charge is 2.46. The Kier molecular flexibility index (Phi) is 6.75. The molecule has 1 fully saturated rings. The maximum absolute atomic E-state index is 13.8. The van der Waals surface area contributed by atoms with Crippen LogP contribution in [-0.2, 0) is 11.2 Å². The van der Waals surface area contributed by atoms with Crippen molar-refractivity contribution in [1.82, 2.24) is 9.80 Å².